The van der Waals surface area contributed by atoms with Crippen LogP contribution in [0.3, 0.4) is 0 Å². The second-order valence-corrected chi connectivity index (χ2v) is 6.82. The molecule has 0 saturated heterocycles. The van der Waals surface area contributed by atoms with Crippen molar-refractivity contribution in [3.8, 4) is 5.75 Å². The van der Waals surface area contributed by atoms with Crippen molar-refractivity contribution in [3.63, 3.8) is 0 Å². The standard InChI is InChI=1S/C22H34N4O3/c1-5-28-15-7-14-24-22(25-16-19-9-11-20(27-4)12-10-19)23-13-6-8-21-17(2)26-29-18(21)3/h9-12H,5-8,13-16H2,1-4H3,(H2,23,24,25). The van der Waals surface area contributed by atoms with Gasteiger partial charge in [-0.1, -0.05) is 17.3 Å². The van der Waals surface area contributed by atoms with Gasteiger partial charge in [-0.2, -0.15) is 0 Å². The van der Waals surface area contributed by atoms with Gasteiger partial charge in [0.1, 0.15) is 11.5 Å². The fraction of sp³-hybridized carbons (Fsp3) is 0.545. The molecule has 0 saturated carbocycles. The Morgan fingerprint density at radius 3 is 2.45 bits per heavy atom. The molecule has 0 aliphatic rings. The van der Waals surface area contributed by atoms with Crippen molar-refractivity contribution in [3.05, 3.63) is 46.8 Å². The van der Waals surface area contributed by atoms with Crippen molar-refractivity contribution in [2.75, 3.05) is 33.4 Å². The Morgan fingerprint density at radius 2 is 1.83 bits per heavy atom. The van der Waals surface area contributed by atoms with E-state index in [0.717, 1.165) is 74.3 Å². The highest BCUT2D eigenvalue weighted by Crippen LogP contribution is 2.14. The first-order valence-electron chi connectivity index (χ1n) is 10.3. The minimum atomic E-state index is 0.606. The zero-order valence-corrected chi connectivity index (χ0v) is 18.1. The summed E-state index contributed by atoms with van der Waals surface area (Å²) < 4.78 is 15.8. The van der Waals surface area contributed by atoms with Crippen LogP contribution in [0.25, 0.3) is 0 Å². The molecule has 0 aliphatic carbocycles. The van der Waals surface area contributed by atoms with Gasteiger partial charge in [-0.15, -0.1) is 0 Å². The molecule has 0 radical (unpaired) electrons. The number of hydrogen-bond acceptors (Lipinski definition) is 5. The summed E-state index contributed by atoms with van der Waals surface area (Å²) in [6.45, 7) is 9.71. The Kier molecular flexibility index (Phi) is 10.1. The number of rotatable bonds is 12. The largest absolute Gasteiger partial charge is 0.497 e. The second-order valence-electron chi connectivity index (χ2n) is 6.82. The molecule has 7 heteroatoms. The highest BCUT2D eigenvalue weighted by molar-refractivity contribution is 5.79. The Balaban J connectivity index is 1.85. The van der Waals surface area contributed by atoms with Gasteiger partial charge in [-0.05, 0) is 57.7 Å². The summed E-state index contributed by atoms with van der Waals surface area (Å²) >= 11 is 0. The topological polar surface area (TPSA) is 80.9 Å². The van der Waals surface area contributed by atoms with E-state index >= 15 is 0 Å². The van der Waals surface area contributed by atoms with Gasteiger partial charge in [0.05, 0.1) is 19.3 Å². The van der Waals surface area contributed by atoms with E-state index in [-0.39, 0.29) is 0 Å². The fourth-order valence-electron chi connectivity index (χ4n) is 2.93. The van der Waals surface area contributed by atoms with E-state index in [1.165, 1.54) is 5.56 Å². The average Bonchev–Trinajstić information content (AvgIpc) is 3.06. The predicted octanol–water partition coefficient (Wildman–Crippen LogP) is 3.39. The SMILES string of the molecule is CCOCCCNC(=NCc1ccc(OC)cc1)NCCCc1c(C)noc1C. The van der Waals surface area contributed by atoms with Crippen LogP contribution in [0.2, 0.25) is 0 Å². The van der Waals surface area contributed by atoms with Crippen molar-refractivity contribution in [2.45, 2.75) is 46.6 Å². The van der Waals surface area contributed by atoms with Gasteiger partial charge in [0.25, 0.3) is 0 Å². The normalized spacial score (nSPS) is 11.5. The Bertz CT molecular complexity index is 722. The Labute approximate surface area is 173 Å². The summed E-state index contributed by atoms with van der Waals surface area (Å²) in [7, 11) is 1.67. The van der Waals surface area contributed by atoms with Crippen molar-refractivity contribution in [2.24, 2.45) is 4.99 Å². The molecule has 29 heavy (non-hydrogen) atoms. The summed E-state index contributed by atoms with van der Waals surface area (Å²) in [6, 6.07) is 7.98. The van der Waals surface area contributed by atoms with E-state index in [1.54, 1.807) is 7.11 Å². The van der Waals surface area contributed by atoms with Gasteiger partial charge in [-0.25, -0.2) is 4.99 Å². The minimum absolute atomic E-state index is 0.606. The molecule has 0 fully saturated rings. The van der Waals surface area contributed by atoms with E-state index in [4.69, 9.17) is 19.0 Å². The minimum Gasteiger partial charge on any atom is -0.497 e. The van der Waals surface area contributed by atoms with Crippen molar-refractivity contribution in [1.82, 2.24) is 15.8 Å². The third kappa shape index (κ3) is 8.15. The zero-order valence-electron chi connectivity index (χ0n) is 18.1. The Morgan fingerprint density at radius 1 is 1.10 bits per heavy atom. The second kappa shape index (κ2) is 12.8. The van der Waals surface area contributed by atoms with Gasteiger partial charge in [0.2, 0.25) is 0 Å². The molecule has 2 aromatic rings. The molecule has 160 valence electrons. The van der Waals surface area contributed by atoms with Gasteiger partial charge in [0, 0.05) is 31.9 Å². The highest BCUT2D eigenvalue weighted by Gasteiger charge is 2.08. The maximum atomic E-state index is 5.40. The molecule has 1 aromatic heterocycles. The molecule has 2 rings (SSSR count). The molecule has 0 atom stereocenters. The summed E-state index contributed by atoms with van der Waals surface area (Å²) in [5.74, 6) is 2.57. The molecule has 0 unspecified atom stereocenters. The third-order valence-corrected chi connectivity index (χ3v) is 4.62. The molecule has 7 nitrogen and oxygen atoms in total. The first-order chi connectivity index (χ1) is 14.1. The van der Waals surface area contributed by atoms with Crippen LogP contribution in [-0.2, 0) is 17.7 Å². The van der Waals surface area contributed by atoms with E-state index in [1.807, 2.05) is 45.0 Å². The number of aromatic nitrogens is 1. The quantitative estimate of drug-likeness (QED) is 0.322. The van der Waals surface area contributed by atoms with Crippen LogP contribution >= 0.6 is 0 Å². The molecule has 0 aliphatic heterocycles. The number of aryl methyl sites for hydroxylation is 2. The van der Waals surface area contributed by atoms with Crippen LogP contribution in [0.5, 0.6) is 5.75 Å². The molecular formula is C22H34N4O3. The van der Waals surface area contributed by atoms with E-state index in [9.17, 15) is 0 Å². The van der Waals surface area contributed by atoms with Crippen molar-refractivity contribution < 1.29 is 14.0 Å². The highest BCUT2D eigenvalue weighted by atomic mass is 16.5. The number of methoxy groups -OCH3 is 1. The molecule has 1 heterocycles. The number of benzene rings is 1. The van der Waals surface area contributed by atoms with Gasteiger partial charge < -0.3 is 24.6 Å². The zero-order chi connectivity index (χ0) is 20.9. The maximum absolute atomic E-state index is 5.40. The van der Waals surface area contributed by atoms with Crippen LogP contribution < -0.4 is 15.4 Å². The summed E-state index contributed by atoms with van der Waals surface area (Å²) in [5.41, 5.74) is 3.31. The maximum Gasteiger partial charge on any atom is 0.191 e. The summed E-state index contributed by atoms with van der Waals surface area (Å²) in [6.07, 6.45) is 2.85. The number of nitrogens with zero attached hydrogens (tertiary/aromatic N) is 2. The molecule has 0 spiro atoms. The monoisotopic (exact) mass is 402 g/mol. The summed E-state index contributed by atoms with van der Waals surface area (Å²) in [4.78, 5) is 4.72. The van der Waals surface area contributed by atoms with Crippen LogP contribution in [0.4, 0.5) is 0 Å². The predicted molar refractivity (Wildman–Crippen MR) is 116 cm³/mol. The van der Waals surface area contributed by atoms with Gasteiger partial charge in [-0.3, -0.25) is 0 Å². The lowest BCUT2D eigenvalue weighted by molar-refractivity contribution is 0.145. The van der Waals surface area contributed by atoms with Crippen LogP contribution in [0.15, 0.2) is 33.8 Å². The van der Waals surface area contributed by atoms with E-state index in [2.05, 4.69) is 15.8 Å². The first-order valence-corrected chi connectivity index (χ1v) is 10.3. The number of aliphatic imine (C=N–C) groups is 1. The smallest absolute Gasteiger partial charge is 0.191 e. The average molecular weight is 403 g/mol. The molecule has 0 bridgehead atoms. The van der Waals surface area contributed by atoms with E-state index in [0.29, 0.717) is 6.54 Å². The lowest BCUT2D eigenvalue weighted by atomic mass is 10.1. The fourth-order valence-corrected chi connectivity index (χ4v) is 2.93. The van der Waals surface area contributed by atoms with Crippen LogP contribution in [0, 0.1) is 13.8 Å². The molecular weight excluding hydrogens is 368 g/mol. The Hall–Kier alpha value is -2.54. The molecule has 2 N–H and O–H groups in total. The molecule has 0 amide bonds. The number of nitrogens with one attached hydrogen (secondary N) is 2. The van der Waals surface area contributed by atoms with Crippen molar-refractivity contribution >= 4 is 5.96 Å². The third-order valence-electron chi connectivity index (χ3n) is 4.62. The molecule has 1 aromatic carbocycles. The van der Waals surface area contributed by atoms with Crippen molar-refractivity contribution in [1.29, 1.82) is 0 Å². The van der Waals surface area contributed by atoms with Gasteiger partial charge in [0.15, 0.2) is 5.96 Å². The summed E-state index contributed by atoms with van der Waals surface area (Å²) in [5, 5.41) is 10.8. The lowest BCUT2D eigenvalue weighted by Crippen LogP contribution is -2.38. The van der Waals surface area contributed by atoms with Crippen LogP contribution in [-0.4, -0.2) is 44.5 Å². The number of guanidine groups is 1. The van der Waals surface area contributed by atoms with E-state index < -0.39 is 0 Å². The first kappa shape index (κ1) is 22.7. The van der Waals surface area contributed by atoms with Gasteiger partial charge >= 0.3 is 0 Å². The number of hydrogen-bond donors (Lipinski definition) is 2. The number of ether oxygens (including phenoxy) is 2. The van der Waals surface area contributed by atoms with Crippen LogP contribution in [0.1, 0.15) is 42.3 Å². The lowest BCUT2D eigenvalue weighted by Gasteiger charge is -2.13.